The smallest absolute Gasteiger partial charge is 0.207 e. The Bertz CT molecular complexity index is 519. The molecule has 0 radical (unpaired) electrons. The highest BCUT2D eigenvalue weighted by atomic mass is 32.2. The number of nitrogens with zero attached hydrogens (tertiary/aromatic N) is 1. The largest absolute Gasteiger partial charge is 0.243 e. The first-order valence-corrected chi connectivity index (χ1v) is 7.93. The Kier molecular flexibility index (Phi) is 3.52. The van der Waals surface area contributed by atoms with E-state index in [2.05, 4.69) is 13.8 Å². The summed E-state index contributed by atoms with van der Waals surface area (Å²) in [6, 6.07) is 7.45. The molecule has 0 bridgehead atoms. The van der Waals surface area contributed by atoms with Crippen molar-refractivity contribution < 1.29 is 8.42 Å². The van der Waals surface area contributed by atoms with Gasteiger partial charge in [-0.2, -0.15) is 4.31 Å². The Hall–Kier alpha value is -0.870. The summed E-state index contributed by atoms with van der Waals surface area (Å²) in [4.78, 5) is 0.412. The third-order valence-corrected chi connectivity index (χ3v) is 5.56. The zero-order valence-corrected chi connectivity index (χ0v) is 12.2. The van der Waals surface area contributed by atoms with Gasteiger partial charge in [-0.05, 0) is 31.4 Å². The highest BCUT2D eigenvalue weighted by Gasteiger charge is 2.55. The number of benzene rings is 1. The van der Waals surface area contributed by atoms with E-state index in [-0.39, 0.29) is 12.1 Å². The van der Waals surface area contributed by atoms with Crippen LogP contribution in [0.15, 0.2) is 29.2 Å². The van der Waals surface area contributed by atoms with Crippen molar-refractivity contribution in [3.63, 3.8) is 0 Å². The number of hydrogen-bond donors (Lipinski definition) is 0. The molecule has 1 fully saturated rings. The summed E-state index contributed by atoms with van der Waals surface area (Å²) in [7, 11) is -3.30. The Morgan fingerprint density at radius 2 is 1.78 bits per heavy atom. The average Bonchev–Trinajstić information content (AvgIpc) is 3.04. The van der Waals surface area contributed by atoms with Gasteiger partial charge in [-0.1, -0.05) is 38.5 Å². The Labute approximate surface area is 110 Å². The molecule has 1 aliphatic rings. The molecule has 1 heterocycles. The molecule has 0 spiro atoms. The number of hydrogen-bond acceptors (Lipinski definition) is 2. The van der Waals surface area contributed by atoms with Crippen LogP contribution in [0.25, 0.3) is 0 Å². The van der Waals surface area contributed by atoms with Gasteiger partial charge in [-0.15, -0.1) is 0 Å². The minimum absolute atomic E-state index is 0.168. The topological polar surface area (TPSA) is 37.1 Å². The molecule has 100 valence electrons. The van der Waals surface area contributed by atoms with Gasteiger partial charge >= 0.3 is 0 Å². The van der Waals surface area contributed by atoms with E-state index in [1.165, 1.54) is 0 Å². The summed E-state index contributed by atoms with van der Waals surface area (Å²) in [5.41, 5.74) is 1.08. The van der Waals surface area contributed by atoms with Gasteiger partial charge in [-0.25, -0.2) is 8.42 Å². The van der Waals surface area contributed by atoms with Crippen molar-refractivity contribution in [1.82, 2.24) is 4.31 Å². The summed E-state index contributed by atoms with van der Waals surface area (Å²) in [6.45, 7) is 8.17. The third kappa shape index (κ3) is 2.19. The number of rotatable bonds is 4. The molecule has 0 aliphatic carbocycles. The van der Waals surface area contributed by atoms with Gasteiger partial charge in [0.1, 0.15) is 0 Å². The van der Waals surface area contributed by atoms with Crippen LogP contribution in [0.3, 0.4) is 0 Å². The summed E-state index contributed by atoms with van der Waals surface area (Å²) >= 11 is 0. The first kappa shape index (κ1) is 13.6. The first-order valence-electron chi connectivity index (χ1n) is 6.49. The lowest BCUT2D eigenvalue weighted by Crippen LogP contribution is -2.17. The van der Waals surface area contributed by atoms with E-state index >= 15 is 0 Å². The van der Waals surface area contributed by atoms with Crippen molar-refractivity contribution in [2.24, 2.45) is 5.92 Å². The average molecular weight is 267 g/mol. The summed E-state index contributed by atoms with van der Waals surface area (Å²) in [5, 5.41) is 0. The van der Waals surface area contributed by atoms with Crippen LogP contribution < -0.4 is 0 Å². The summed E-state index contributed by atoms with van der Waals surface area (Å²) in [5.74, 6) is 0.371. The van der Waals surface area contributed by atoms with Crippen LogP contribution in [0.2, 0.25) is 0 Å². The summed E-state index contributed by atoms with van der Waals surface area (Å²) < 4.78 is 26.7. The highest BCUT2D eigenvalue weighted by Crippen LogP contribution is 2.41. The maximum atomic E-state index is 12.5. The Morgan fingerprint density at radius 3 is 2.17 bits per heavy atom. The second-order valence-electron chi connectivity index (χ2n) is 5.36. The molecule has 3 atom stereocenters. The molecule has 2 rings (SSSR count). The van der Waals surface area contributed by atoms with Crippen LogP contribution in [-0.2, 0) is 10.0 Å². The monoisotopic (exact) mass is 267 g/mol. The van der Waals surface area contributed by atoms with Crippen molar-refractivity contribution in [3.05, 3.63) is 29.8 Å². The first-order chi connectivity index (χ1) is 8.39. The lowest BCUT2D eigenvalue weighted by atomic mass is 10.1. The standard InChI is InChI=1S/C14H21NO2S/c1-5-13-14(10(2)3)15(13)18(16,17)12-8-6-11(4)7-9-12/h6-10,13-14H,5H2,1-4H3/t13-,14-,15?/m0/s1. The van der Waals surface area contributed by atoms with Crippen molar-refractivity contribution >= 4 is 10.0 Å². The Balaban J connectivity index is 2.30. The molecule has 1 aromatic rings. The molecule has 3 nitrogen and oxygen atoms in total. The molecule has 1 saturated heterocycles. The minimum atomic E-state index is -3.30. The van der Waals surface area contributed by atoms with E-state index in [0.717, 1.165) is 12.0 Å². The zero-order valence-electron chi connectivity index (χ0n) is 11.4. The second kappa shape index (κ2) is 4.67. The molecule has 4 heteroatoms. The summed E-state index contributed by atoms with van der Waals surface area (Å²) in [6.07, 6.45) is 0.883. The van der Waals surface area contributed by atoms with Gasteiger partial charge in [0.25, 0.3) is 0 Å². The van der Waals surface area contributed by atoms with Gasteiger partial charge < -0.3 is 0 Å². The fourth-order valence-electron chi connectivity index (χ4n) is 2.61. The van der Waals surface area contributed by atoms with Crippen molar-refractivity contribution in [2.75, 3.05) is 0 Å². The molecule has 1 aromatic carbocycles. The predicted molar refractivity (Wildman–Crippen MR) is 72.9 cm³/mol. The number of aryl methyl sites for hydroxylation is 1. The molecule has 0 saturated carbocycles. The minimum Gasteiger partial charge on any atom is -0.207 e. The van der Waals surface area contributed by atoms with E-state index in [1.807, 2.05) is 26.0 Å². The van der Waals surface area contributed by atoms with Gasteiger partial charge in [0.15, 0.2) is 0 Å². The fraction of sp³-hybridized carbons (Fsp3) is 0.571. The molecule has 0 aromatic heterocycles. The normalized spacial score (nSPS) is 27.5. The van der Waals surface area contributed by atoms with Gasteiger partial charge in [0.2, 0.25) is 10.0 Å². The fourth-order valence-corrected chi connectivity index (χ4v) is 4.61. The van der Waals surface area contributed by atoms with Crippen LogP contribution in [-0.4, -0.2) is 24.8 Å². The molecular weight excluding hydrogens is 246 g/mol. The van der Waals surface area contributed by atoms with Crippen molar-refractivity contribution in [1.29, 1.82) is 0 Å². The van der Waals surface area contributed by atoms with Gasteiger partial charge in [-0.3, -0.25) is 0 Å². The maximum Gasteiger partial charge on any atom is 0.243 e. The van der Waals surface area contributed by atoms with E-state index in [1.54, 1.807) is 16.4 Å². The molecule has 0 amide bonds. The van der Waals surface area contributed by atoms with E-state index in [0.29, 0.717) is 10.8 Å². The van der Waals surface area contributed by atoms with E-state index < -0.39 is 10.0 Å². The predicted octanol–water partition coefficient (Wildman–Crippen LogP) is 2.80. The lowest BCUT2D eigenvalue weighted by molar-refractivity contribution is 0.516. The van der Waals surface area contributed by atoms with Crippen LogP contribution in [0, 0.1) is 12.8 Å². The van der Waals surface area contributed by atoms with Crippen LogP contribution in [0.1, 0.15) is 32.8 Å². The van der Waals surface area contributed by atoms with Gasteiger partial charge in [0, 0.05) is 12.1 Å². The Morgan fingerprint density at radius 1 is 1.22 bits per heavy atom. The van der Waals surface area contributed by atoms with Gasteiger partial charge in [0.05, 0.1) is 4.90 Å². The molecule has 1 unspecified atom stereocenters. The number of sulfonamides is 1. The van der Waals surface area contributed by atoms with E-state index in [9.17, 15) is 8.42 Å². The second-order valence-corrected chi connectivity index (χ2v) is 7.20. The van der Waals surface area contributed by atoms with Crippen molar-refractivity contribution in [2.45, 2.75) is 51.1 Å². The SMILES string of the molecule is CC[C@H]1[C@H](C(C)C)N1S(=O)(=O)c1ccc(C)cc1. The van der Waals surface area contributed by atoms with Crippen molar-refractivity contribution in [3.8, 4) is 0 Å². The molecular formula is C14H21NO2S. The van der Waals surface area contributed by atoms with Crippen LogP contribution in [0.4, 0.5) is 0 Å². The van der Waals surface area contributed by atoms with Crippen LogP contribution >= 0.6 is 0 Å². The lowest BCUT2D eigenvalue weighted by Gasteiger charge is -2.08. The quantitative estimate of drug-likeness (QED) is 0.787. The maximum absolute atomic E-state index is 12.5. The third-order valence-electron chi connectivity index (χ3n) is 3.62. The molecule has 1 aliphatic heterocycles. The van der Waals surface area contributed by atoms with E-state index in [4.69, 9.17) is 0 Å². The zero-order chi connectivity index (χ0) is 13.5. The molecule has 0 N–H and O–H groups in total. The molecule has 18 heavy (non-hydrogen) atoms. The highest BCUT2D eigenvalue weighted by molar-refractivity contribution is 7.89. The van der Waals surface area contributed by atoms with Crippen LogP contribution in [0.5, 0.6) is 0 Å².